The fourth-order valence-electron chi connectivity index (χ4n) is 5.21. The number of nitrogens with zero attached hydrogens (tertiary/aromatic N) is 4. The van der Waals surface area contributed by atoms with Crippen LogP contribution in [0.4, 0.5) is 11.6 Å². The van der Waals surface area contributed by atoms with Crippen LogP contribution in [0.3, 0.4) is 0 Å². The molecular formula is C30H42N6O5. The molecule has 11 nitrogen and oxygen atoms in total. The summed E-state index contributed by atoms with van der Waals surface area (Å²) in [5.74, 6) is 1.61. The minimum absolute atomic E-state index is 0.398. The highest BCUT2D eigenvalue weighted by Crippen LogP contribution is 2.34. The molecule has 222 valence electrons. The summed E-state index contributed by atoms with van der Waals surface area (Å²) in [4.78, 5) is 28.0. The van der Waals surface area contributed by atoms with Crippen LogP contribution in [0.5, 0.6) is 11.5 Å². The molecule has 41 heavy (non-hydrogen) atoms. The summed E-state index contributed by atoms with van der Waals surface area (Å²) in [7, 11) is 4.79. The summed E-state index contributed by atoms with van der Waals surface area (Å²) in [5, 5.41) is 17.2. The molecule has 0 saturated heterocycles. The molecule has 0 radical (unpaired) electrons. The third kappa shape index (κ3) is 7.95. The first-order valence-electron chi connectivity index (χ1n) is 14.2. The van der Waals surface area contributed by atoms with Crippen LogP contribution in [0.2, 0.25) is 0 Å². The van der Waals surface area contributed by atoms with Crippen molar-refractivity contribution in [2.45, 2.75) is 51.5 Å². The molecule has 1 aromatic carbocycles. The number of hydrogen-bond acceptors (Lipinski definition) is 10. The molecule has 0 spiro atoms. The van der Waals surface area contributed by atoms with Gasteiger partial charge in [0.25, 0.3) is 0 Å². The van der Waals surface area contributed by atoms with Gasteiger partial charge in [0, 0.05) is 43.9 Å². The van der Waals surface area contributed by atoms with Crippen molar-refractivity contribution in [2.24, 2.45) is 0 Å². The molecule has 4 rings (SSSR count). The number of ether oxygens (including phenoxy) is 3. The minimum Gasteiger partial charge on any atom is -0.493 e. The number of methoxy groups -OCH3 is 3. The van der Waals surface area contributed by atoms with Gasteiger partial charge in [-0.3, -0.25) is 0 Å². The van der Waals surface area contributed by atoms with Gasteiger partial charge in [-0.2, -0.15) is 0 Å². The largest absolute Gasteiger partial charge is 0.493 e. The number of carbonyl (C=O) groups is 1. The van der Waals surface area contributed by atoms with E-state index in [2.05, 4.69) is 38.5 Å². The Hall–Kier alpha value is -3.70. The Bertz CT molecular complexity index is 1320. The molecule has 0 amide bonds. The Morgan fingerprint density at radius 2 is 1.90 bits per heavy atom. The number of aliphatic carboxylic acids is 1. The highest BCUT2D eigenvalue weighted by Gasteiger charge is 2.21. The van der Waals surface area contributed by atoms with E-state index in [1.807, 2.05) is 0 Å². The predicted octanol–water partition coefficient (Wildman–Crippen LogP) is 3.94. The average Bonchev–Trinajstić information content (AvgIpc) is 2.98. The zero-order valence-electron chi connectivity index (χ0n) is 24.5. The van der Waals surface area contributed by atoms with Gasteiger partial charge in [0.2, 0.25) is 0 Å². The van der Waals surface area contributed by atoms with E-state index in [4.69, 9.17) is 19.2 Å². The molecule has 0 aliphatic carbocycles. The second-order valence-electron chi connectivity index (χ2n) is 10.4. The van der Waals surface area contributed by atoms with Crippen LogP contribution < -0.4 is 20.1 Å². The lowest BCUT2D eigenvalue weighted by Gasteiger charge is -2.24. The van der Waals surface area contributed by atoms with Crippen molar-refractivity contribution in [2.75, 3.05) is 64.7 Å². The van der Waals surface area contributed by atoms with E-state index in [-0.39, 0.29) is 0 Å². The van der Waals surface area contributed by atoms with Crippen LogP contribution in [0, 0.1) is 6.92 Å². The van der Waals surface area contributed by atoms with Crippen LogP contribution in [0.25, 0.3) is 10.9 Å². The van der Waals surface area contributed by atoms with Crippen molar-refractivity contribution in [1.29, 1.82) is 0 Å². The molecule has 3 heterocycles. The number of unbranched alkanes of at least 4 members (excludes halogenated alkanes) is 1. The first kappa shape index (κ1) is 30.3. The topological polar surface area (TPSA) is 131 Å². The summed E-state index contributed by atoms with van der Waals surface area (Å²) in [6.07, 6.45) is 6.97. The summed E-state index contributed by atoms with van der Waals surface area (Å²) >= 11 is 0. The predicted molar refractivity (Wildman–Crippen MR) is 159 cm³/mol. The minimum atomic E-state index is -0.938. The maximum atomic E-state index is 12.2. The Morgan fingerprint density at radius 1 is 1.10 bits per heavy atom. The van der Waals surface area contributed by atoms with Gasteiger partial charge >= 0.3 is 5.97 Å². The van der Waals surface area contributed by atoms with Crippen LogP contribution in [-0.4, -0.2) is 91.1 Å². The van der Waals surface area contributed by atoms with Crippen molar-refractivity contribution in [3.05, 3.63) is 41.3 Å². The number of carboxylic acids is 1. The third-order valence-electron chi connectivity index (χ3n) is 7.55. The van der Waals surface area contributed by atoms with E-state index in [1.54, 1.807) is 33.5 Å². The van der Waals surface area contributed by atoms with Gasteiger partial charge < -0.3 is 34.9 Å². The van der Waals surface area contributed by atoms with Gasteiger partial charge in [-0.25, -0.2) is 19.7 Å². The van der Waals surface area contributed by atoms with Gasteiger partial charge in [0.15, 0.2) is 11.5 Å². The molecule has 11 heteroatoms. The van der Waals surface area contributed by atoms with Crippen LogP contribution >= 0.6 is 0 Å². The molecule has 0 saturated carbocycles. The van der Waals surface area contributed by atoms with Crippen LogP contribution in [-0.2, 0) is 22.4 Å². The van der Waals surface area contributed by atoms with Gasteiger partial charge in [0.05, 0.1) is 26.3 Å². The van der Waals surface area contributed by atoms with Gasteiger partial charge in [-0.15, -0.1) is 0 Å². The lowest BCUT2D eigenvalue weighted by Crippen LogP contribution is -2.37. The SMILES string of the molecule is COCCN(CCCCc1nc2c(cc1C)CCCN2)CC[C@H](Nc1ncnc2cc(OC)c(OC)cc12)C(=O)O. The standard InChI is InChI=1S/C30H42N6O5/c1-20-16-21-8-7-11-31-28(21)34-23(20)9-5-6-12-36(14-15-39-2)13-10-24(30(37)38)35-29-22-17-26(40-3)27(41-4)18-25(22)32-19-33-29/h16-19,24H,5-15H2,1-4H3,(H,31,34)(H,37,38)(H,32,33,35)/t24-/m0/s1. The number of anilines is 2. The molecule has 0 bridgehead atoms. The van der Waals surface area contributed by atoms with Gasteiger partial charge in [-0.05, 0) is 69.2 Å². The highest BCUT2D eigenvalue weighted by molar-refractivity contribution is 5.93. The van der Waals surface area contributed by atoms with Crippen LogP contribution in [0.15, 0.2) is 24.5 Å². The summed E-state index contributed by atoms with van der Waals surface area (Å²) < 4.78 is 16.1. The monoisotopic (exact) mass is 566 g/mol. The third-order valence-corrected chi connectivity index (χ3v) is 7.55. The van der Waals surface area contributed by atoms with Crippen molar-refractivity contribution in [3.63, 3.8) is 0 Å². The molecule has 1 atom stereocenters. The Balaban J connectivity index is 1.36. The van der Waals surface area contributed by atoms with Gasteiger partial charge in [0.1, 0.15) is 24.0 Å². The lowest BCUT2D eigenvalue weighted by atomic mass is 10.0. The summed E-state index contributed by atoms with van der Waals surface area (Å²) in [5.41, 5.74) is 4.36. The maximum Gasteiger partial charge on any atom is 0.326 e. The van der Waals surface area contributed by atoms with Crippen molar-refractivity contribution < 1.29 is 24.1 Å². The Kier molecular flexibility index (Phi) is 10.9. The van der Waals surface area contributed by atoms with Crippen molar-refractivity contribution in [3.8, 4) is 11.5 Å². The Labute approximate surface area is 241 Å². The van der Waals surface area contributed by atoms with E-state index >= 15 is 0 Å². The molecule has 1 aliphatic rings. The number of rotatable bonds is 16. The molecule has 0 fully saturated rings. The fraction of sp³-hybridized carbons (Fsp3) is 0.533. The van der Waals surface area contributed by atoms with E-state index in [9.17, 15) is 9.90 Å². The van der Waals surface area contributed by atoms with E-state index in [0.29, 0.717) is 47.8 Å². The Morgan fingerprint density at radius 3 is 2.66 bits per heavy atom. The first-order chi connectivity index (χ1) is 19.9. The molecule has 3 aromatic rings. The zero-order valence-corrected chi connectivity index (χ0v) is 24.5. The molecule has 1 aliphatic heterocycles. The highest BCUT2D eigenvalue weighted by atomic mass is 16.5. The molecule has 0 unspecified atom stereocenters. The number of hydrogen-bond donors (Lipinski definition) is 3. The summed E-state index contributed by atoms with van der Waals surface area (Å²) in [6, 6.07) is 4.96. The zero-order chi connectivity index (χ0) is 29.2. The number of benzene rings is 1. The second-order valence-corrected chi connectivity index (χ2v) is 10.4. The second kappa shape index (κ2) is 14.8. The number of aromatic nitrogens is 3. The lowest BCUT2D eigenvalue weighted by molar-refractivity contribution is -0.138. The van der Waals surface area contributed by atoms with E-state index in [1.165, 1.54) is 17.5 Å². The number of carboxylic acid groups (broad SMARTS) is 1. The number of nitrogens with one attached hydrogen (secondary N) is 2. The molecule has 2 aromatic heterocycles. The quantitative estimate of drug-likeness (QED) is 0.218. The van der Waals surface area contributed by atoms with Gasteiger partial charge in [-0.1, -0.05) is 6.07 Å². The maximum absolute atomic E-state index is 12.2. The summed E-state index contributed by atoms with van der Waals surface area (Å²) in [6.45, 7) is 5.91. The first-order valence-corrected chi connectivity index (χ1v) is 14.2. The molecular weight excluding hydrogens is 524 g/mol. The smallest absolute Gasteiger partial charge is 0.326 e. The average molecular weight is 567 g/mol. The normalized spacial score (nSPS) is 13.5. The van der Waals surface area contributed by atoms with E-state index < -0.39 is 12.0 Å². The van der Waals surface area contributed by atoms with Crippen molar-refractivity contribution >= 4 is 28.5 Å². The van der Waals surface area contributed by atoms with Crippen LogP contribution in [0.1, 0.15) is 42.5 Å². The molecule has 3 N–H and O–H groups in total. The van der Waals surface area contributed by atoms with E-state index in [0.717, 1.165) is 63.3 Å². The number of pyridine rings is 1. The number of aryl methyl sites for hydroxylation is 3. The van der Waals surface area contributed by atoms with Crippen molar-refractivity contribution in [1.82, 2.24) is 19.9 Å². The fourth-order valence-corrected chi connectivity index (χ4v) is 5.21. The number of fused-ring (bicyclic) bond motifs is 2.